The Kier molecular flexibility index (Phi) is 5.05. The van der Waals surface area contributed by atoms with Gasteiger partial charge < -0.3 is 10.3 Å². The van der Waals surface area contributed by atoms with E-state index in [0.717, 1.165) is 41.2 Å². The fraction of sp³-hybridized carbons (Fsp3) is 0.263. The molecule has 0 fully saturated rings. The van der Waals surface area contributed by atoms with E-state index in [0.29, 0.717) is 17.9 Å². The molecule has 3 rings (SSSR count). The van der Waals surface area contributed by atoms with E-state index in [2.05, 4.69) is 31.6 Å². The lowest BCUT2D eigenvalue weighted by atomic mass is 10.0. The standard InChI is InChI=1S/C19H20N6/c1-3-14-15(10-20)19(25-24-16(14)4-2)22-12-18-21-11-17(23-18)13-8-6-5-7-9-13/h5-9,11H,3-4,12H2,1-2H3,(H,21,23)(H,22,25). The van der Waals surface area contributed by atoms with Crippen molar-refractivity contribution in [3.8, 4) is 17.3 Å². The number of nitriles is 1. The van der Waals surface area contributed by atoms with Gasteiger partial charge in [-0.1, -0.05) is 44.2 Å². The molecule has 0 bridgehead atoms. The predicted molar refractivity (Wildman–Crippen MR) is 96.9 cm³/mol. The van der Waals surface area contributed by atoms with E-state index in [9.17, 15) is 5.26 Å². The van der Waals surface area contributed by atoms with E-state index >= 15 is 0 Å². The number of anilines is 1. The van der Waals surface area contributed by atoms with Gasteiger partial charge in [-0.25, -0.2) is 4.98 Å². The van der Waals surface area contributed by atoms with Gasteiger partial charge in [-0.15, -0.1) is 5.10 Å². The van der Waals surface area contributed by atoms with Gasteiger partial charge in [-0.2, -0.15) is 10.4 Å². The molecule has 0 aliphatic rings. The fourth-order valence-electron chi connectivity index (χ4n) is 2.80. The number of hydrogen-bond acceptors (Lipinski definition) is 5. The highest BCUT2D eigenvalue weighted by Crippen LogP contribution is 2.21. The molecule has 0 saturated heterocycles. The van der Waals surface area contributed by atoms with E-state index in [1.54, 1.807) is 6.20 Å². The molecule has 6 heteroatoms. The molecule has 25 heavy (non-hydrogen) atoms. The van der Waals surface area contributed by atoms with Crippen LogP contribution in [-0.2, 0) is 19.4 Å². The van der Waals surface area contributed by atoms with Crippen molar-refractivity contribution in [1.29, 1.82) is 5.26 Å². The first-order valence-electron chi connectivity index (χ1n) is 8.38. The first-order valence-corrected chi connectivity index (χ1v) is 8.38. The summed E-state index contributed by atoms with van der Waals surface area (Å²) in [4.78, 5) is 7.67. The predicted octanol–water partition coefficient (Wildman–Crippen LogP) is 3.48. The Morgan fingerprint density at radius 3 is 2.60 bits per heavy atom. The third-order valence-electron chi connectivity index (χ3n) is 4.09. The summed E-state index contributed by atoms with van der Waals surface area (Å²) in [5, 5.41) is 21.1. The number of aromatic amines is 1. The van der Waals surface area contributed by atoms with Crippen molar-refractivity contribution >= 4 is 5.82 Å². The molecular weight excluding hydrogens is 312 g/mol. The molecule has 0 aliphatic carbocycles. The van der Waals surface area contributed by atoms with Crippen LogP contribution in [0.3, 0.4) is 0 Å². The second-order valence-corrected chi connectivity index (χ2v) is 5.63. The molecule has 2 aromatic heterocycles. The molecule has 0 unspecified atom stereocenters. The highest BCUT2D eigenvalue weighted by atomic mass is 15.2. The van der Waals surface area contributed by atoms with Gasteiger partial charge in [0, 0.05) is 0 Å². The van der Waals surface area contributed by atoms with E-state index in [4.69, 9.17) is 0 Å². The number of hydrogen-bond donors (Lipinski definition) is 2. The minimum atomic E-state index is 0.449. The topological polar surface area (TPSA) is 90.3 Å². The molecule has 0 saturated carbocycles. The third kappa shape index (κ3) is 3.50. The molecule has 2 N–H and O–H groups in total. The van der Waals surface area contributed by atoms with Crippen molar-refractivity contribution in [2.24, 2.45) is 0 Å². The summed E-state index contributed by atoms with van der Waals surface area (Å²) in [6.45, 7) is 4.50. The zero-order valence-electron chi connectivity index (χ0n) is 14.4. The number of rotatable bonds is 6. The van der Waals surface area contributed by atoms with Crippen molar-refractivity contribution < 1.29 is 0 Å². The van der Waals surface area contributed by atoms with Crippen LogP contribution in [-0.4, -0.2) is 20.2 Å². The lowest BCUT2D eigenvalue weighted by Gasteiger charge is -2.11. The average Bonchev–Trinajstić information content (AvgIpc) is 3.15. The summed E-state index contributed by atoms with van der Waals surface area (Å²) in [6, 6.07) is 12.3. The number of nitrogens with zero attached hydrogens (tertiary/aromatic N) is 4. The highest BCUT2D eigenvalue weighted by Gasteiger charge is 2.14. The minimum Gasteiger partial charge on any atom is -0.360 e. The molecule has 0 spiro atoms. The zero-order chi connectivity index (χ0) is 17.6. The Labute approximate surface area is 147 Å². The first kappa shape index (κ1) is 16.7. The lowest BCUT2D eigenvalue weighted by molar-refractivity contribution is 0.864. The maximum atomic E-state index is 9.52. The van der Waals surface area contributed by atoms with E-state index in [-0.39, 0.29) is 0 Å². The Bertz CT molecular complexity index is 892. The Morgan fingerprint density at radius 2 is 1.92 bits per heavy atom. The van der Waals surface area contributed by atoms with Crippen LogP contribution in [0.4, 0.5) is 5.82 Å². The maximum absolute atomic E-state index is 9.52. The minimum absolute atomic E-state index is 0.449. The molecule has 1 aromatic carbocycles. The largest absolute Gasteiger partial charge is 0.360 e. The van der Waals surface area contributed by atoms with Crippen LogP contribution in [0.2, 0.25) is 0 Å². The summed E-state index contributed by atoms with van der Waals surface area (Å²) in [6.07, 6.45) is 3.33. The Morgan fingerprint density at radius 1 is 1.12 bits per heavy atom. The van der Waals surface area contributed by atoms with Gasteiger partial charge in [-0.3, -0.25) is 0 Å². The summed E-state index contributed by atoms with van der Waals surface area (Å²) in [5.74, 6) is 1.29. The zero-order valence-corrected chi connectivity index (χ0v) is 14.4. The lowest BCUT2D eigenvalue weighted by Crippen LogP contribution is -2.10. The molecular formula is C19H20N6. The second-order valence-electron chi connectivity index (χ2n) is 5.63. The number of imidazole rings is 1. The van der Waals surface area contributed by atoms with Crippen LogP contribution < -0.4 is 5.32 Å². The third-order valence-corrected chi connectivity index (χ3v) is 4.09. The maximum Gasteiger partial charge on any atom is 0.167 e. The summed E-state index contributed by atoms with van der Waals surface area (Å²) in [7, 11) is 0. The van der Waals surface area contributed by atoms with Crippen LogP contribution in [0.1, 0.15) is 36.5 Å². The van der Waals surface area contributed by atoms with Crippen molar-refractivity contribution in [3.05, 3.63) is 59.2 Å². The first-order chi connectivity index (χ1) is 12.3. The second kappa shape index (κ2) is 7.58. The Hall–Kier alpha value is -3.20. The smallest absolute Gasteiger partial charge is 0.167 e. The van der Waals surface area contributed by atoms with Crippen molar-refractivity contribution in [1.82, 2.24) is 20.2 Å². The quantitative estimate of drug-likeness (QED) is 0.721. The monoisotopic (exact) mass is 332 g/mol. The average molecular weight is 332 g/mol. The van der Waals surface area contributed by atoms with Crippen LogP contribution in [0.15, 0.2) is 36.5 Å². The Balaban J connectivity index is 1.79. The van der Waals surface area contributed by atoms with Gasteiger partial charge in [0.05, 0.1) is 24.1 Å². The summed E-state index contributed by atoms with van der Waals surface area (Å²) in [5.41, 5.74) is 4.46. The van der Waals surface area contributed by atoms with Crippen LogP contribution in [0.25, 0.3) is 11.3 Å². The SMILES string of the molecule is CCc1nnc(NCc2ncc(-c3ccccc3)[nH]2)c(C#N)c1CC. The number of nitrogens with one attached hydrogen (secondary N) is 2. The van der Waals surface area contributed by atoms with Crippen molar-refractivity contribution in [3.63, 3.8) is 0 Å². The van der Waals surface area contributed by atoms with Crippen LogP contribution in [0, 0.1) is 11.3 Å². The summed E-state index contributed by atoms with van der Waals surface area (Å²) < 4.78 is 0. The van der Waals surface area contributed by atoms with Gasteiger partial charge in [0.1, 0.15) is 17.5 Å². The van der Waals surface area contributed by atoms with Crippen LogP contribution >= 0.6 is 0 Å². The van der Waals surface area contributed by atoms with E-state index in [1.165, 1.54) is 0 Å². The number of benzene rings is 1. The normalized spacial score (nSPS) is 10.4. The molecule has 0 atom stereocenters. The van der Waals surface area contributed by atoms with E-state index < -0.39 is 0 Å². The molecule has 0 radical (unpaired) electrons. The molecule has 6 nitrogen and oxygen atoms in total. The van der Waals surface area contributed by atoms with Crippen molar-refractivity contribution in [2.75, 3.05) is 5.32 Å². The van der Waals surface area contributed by atoms with E-state index in [1.807, 2.05) is 44.2 Å². The molecule has 126 valence electrons. The summed E-state index contributed by atoms with van der Waals surface area (Å²) >= 11 is 0. The van der Waals surface area contributed by atoms with Gasteiger partial charge in [0.15, 0.2) is 5.82 Å². The molecule has 2 heterocycles. The fourth-order valence-corrected chi connectivity index (χ4v) is 2.80. The number of aromatic nitrogens is 4. The van der Waals surface area contributed by atoms with Gasteiger partial charge in [0.25, 0.3) is 0 Å². The van der Waals surface area contributed by atoms with Crippen molar-refractivity contribution in [2.45, 2.75) is 33.2 Å². The number of H-pyrrole nitrogens is 1. The van der Waals surface area contributed by atoms with Crippen LogP contribution in [0.5, 0.6) is 0 Å². The number of aryl methyl sites for hydroxylation is 1. The molecule has 0 aliphatic heterocycles. The highest BCUT2D eigenvalue weighted by molar-refractivity contribution is 5.59. The molecule has 0 amide bonds. The van der Waals surface area contributed by atoms with Gasteiger partial charge in [-0.05, 0) is 24.0 Å². The van der Waals surface area contributed by atoms with Gasteiger partial charge >= 0.3 is 0 Å². The molecule has 3 aromatic rings. The van der Waals surface area contributed by atoms with Gasteiger partial charge in [0.2, 0.25) is 0 Å².